The quantitative estimate of drug-likeness (QED) is 0.234. The predicted octanol–water partition coefficient (Wildman–Crippen LogP) is 6.08. The molecule has 208 valence electrons. The van der Waals surface area contributed by atoms with Crippen LogP contribution in [0.15, 0.2) is 85.2 Å². The highest BCUT2D eigenvalue weighted by molar-refractivity contribution is 6.05. The lowest BCUT2D eigenvalue weighted by molar-refractivity contribution is -0.137. The normalized spacial score (nSPS) is 11.5. The van der Waals surface area contributed by atoms with Crippen molar-refractivity contribution >= 4 is 11.7 Å². The van der Waals surface area contributed by atoms with Gasteiger partial charge in [0.1, 0.15) is 17.5 Å². The highest BCUT2D eigenvalue weighted by Gasteiger charge is 2.36. The van der Waals surface area contributed by atoms with Gasteiger partial charge in [-0.3, -0.25) is 4.79 Å². The third-order valence-corrected chi connectivity index (χ3v) is 6.14. The van der Waals surface area contributed by atoms with E-state index in [4.69, 9.17) is 5.11 Å². The topological polar surface area (TPSA) is 92.9 Å². The first-order valence-corrected chi connectivity index (χ1v) is 12.2. The Balaban J connectivity index is 1.56. The predicted molar refractivity (Wildman–Crippen MR) is 140 cm³/mol. The first-order valence-electron chi connectivity index (χ1n) is 12.2. The van der Waals surface area contributed by atoms with Crippen molar-refractivity contribution in [3.8, 4) is 28.3 Å². The Morgan fingerprint density at radius 2 is 1.61 bits per heavy atom. The number of hydrogen-bond donors (Lipinski definition) is 2. The zero-order valence-corrected chi connectivity index (χ0v) is 21.0. The first kappa shape index (κ1) is 27.6. The fourth-order valence-electron chi connectivity index (χ4n) is 4.15. The summed E-state index contributed by atoms with van der Waals surface area (Å²) in [5.74, 6) is -3.25. The molecule has 0 saturated heterocycles. The van der Waals surface area contributed by atoms with E-state index < -0.39 is 40.4 Å². The van der Waals surface area contributed by atoms with Crippen molar-refractivity contribution in [2.75, 3.05) is 11.9 Å². The average molecular weight is 566 g/mol. The molecule has 2 heterocycles. The summed E-state index contributed by atoms with van der Waals surface area (Å²) in [5.41, 5.74) is -0.294. The molecule has 5 aromatic rings. The third kappa shape index (κ3) is 5.97. The van der Waals surface area contributed by atoms with Crippen LogP contribution in [-0.2, 0) is 12.6 Å². The van der Waals surface area contributed by atoms with Crippen molar-refractivity contribution in [2.45, 2.75) is 12.6 Å². The molecule has 0 aliphatic heterocycles. The van der Waals surface area contributed by atoms with Gasteiger partial charge in [-0.05, 0) is 54.4 Å². The number of nitrogens with one attached hydrogen (secondary N) is 1. The monoisotopic (exact) mass is 565 g/mol. The minimum atomic E-state index is -4.94. The number of amides is 1. The summed E-state index contributed by atoms with van der Waals surface area (Å²) in [6.45, 7) is -0.0205. The van der Waals surface area contributed by atoms with E-state index in [-0.39, 0.29) is 24.3 Å². The molecule has 1 amide bonds. The second kappa shape index (κ2) is 11.3. The van der Waals surface area contributed by atoms with Crippen molar-refractivity contribution in [3.63, 3.8) is 0 Å². The van der Waals surface area contributed by atoms with Gasteiger partial charge in [-0.15, -0.1) is 0 Å². The van der Waals surface area contributed by atoms with E-state index in [9.17, 15) is 26.7 Å². The molecule has 2 aromatic heterocycles. The van der Waals surface area contributed by atoms with E-state index in [1.165, 1.54) is 53.5 Å². The average Bonchev–Trinajstić information content (AvgIpc) is 3.37. The number of aliphatic hydroxyl groups is 1. The van der Waals surface area contributed by atoms with Crippen molar-refractivity contribution in [1.82, 2.24) is 19.7 Å². The van der Waals surface area contributed by atoms with Crippen LogP contribution < -0.4 is 5.32 Å². The number of hydrogen-bond acceptors (Lipinski definition) is 5. The van der Waals surface area contributed by atoms with Crippen LogP contribution in [0.3, 0.4) is 0 Å². The van der Waals surface area contributed by atoms with E-state index >= 15 is 0 Å². The van der Waals surface area contributed by atoms with Crippen LogP contribution in [-0.4, -0.2) is 37.4 Å². The highest BCUT2D eigenvalue weighted by atomic mass is 19.4. The van der Waals surface area contributed by atoms with Crippen LogP contribution in [0.4, 0.5) is 27.8 Å². The van der Waals surface area contributed by atoms with Crippen LogP contribution in [0.25, 0.3) is 28.3 Å². The van der Waals surface area contributed by atoms with Crippen LogP contribution in [0.1, 0.15) is 21.5 Å². The second-order valence-corrected chi connectivity index (χ2v) is 8.88. The molecule has 0 spiro atoms. The van der Waals surface area contributed by atoms with Crippen LogP contribution in [0.5, 0.6) is 0 Å². The molecule has 12 heteroatoms. The van der Waals surface area contributed by atoms with E-state index in [2.05, 4.69) is 20.4 Å². The third-order valence-electron chi connectivity index (χ3n) is 6.14. The molecule has 3 aromatic carbocycles. The summed E-state index contributed by atoms with van der Waals surface area (Å²) in [7, 11) is 0. The Kier molecular flexibility index (Phi) is 7.58. The van der Waals surface area contributed by atoms with Gasteiger partial charge in [0.2, 0.25) is 0 Å². The Morgan fingerprint density at radius 3 is 2.24 bits per heavy atom. The summed E-state index contributed by atoms with van der Waals surface area (Å²) < 4.78 is 71.0. The number of nitrogens with zero attached hydrogens (tertiary/aromatic N) is 4. The number of alkyl halides is 3. The Hall–Kier alpha value is -4.97. The minimum absolute atomic E-state index is 0.0205. The van der Waals surface area contributed by atoms with Crippen molar-refractivity contribution in [1.29, 1.82) is 0 Å². The number of rotatable bonds is 7. The highest BCUT2D eigenvalue weighted by Crippen LogP contribution is 2.37. The van der Waals surface area contributed by atoms with Gasteiger partial charge in [0.05, 0.1) is 22.5 Å². The van der Waals surface area contributed by atoms with Crippen LogP contribution in [0.2, 0.25) is 0 Å². The number of aromatic nitrogens is 4. The summed E-state index contributed by atoms with van der Waals surface area (Å²) in [6, 6.07) is 16.2. The molecule has 7 nitrogen and oxygen atoms in total. The van der Waals surface area contributed by atoms with E-state index in [0.717, 1.165) is 11.6 Å². The van der Waals surface area contributed by atoms with Crippen LogP contribution >= 0.6 is 0 Å². The standard InChI is InChI=1S/C29H20F5N5O2/c30-19-6-8-20(9-7-19)39-26(16-25(38-39)18-4-2-17(3-5-18)10-13-40)37-28(41)22-14-21(27-35-11-1-12-36-27)23(15-24(22)31)29(32,33)34/h1-9,11-12,14-16,40H,10,13H2,(H,37,41). The SMILES string of the molecule is O=C(Nc1cc(-c2ccc(CCO)cc2)nn1-c1ccc(F)cc1)c1cc(-c2ncccn2)c(C(F)(F)F)cc1F. The summed E-state index contributed by atoms with van der Waals surface area (Å²) >= 11 is 0. The van der Waals surface area contributed by atoms with Crippen molar-refractivity contribution in [2.24, 2.45) is 0 Å². The molecule has 0 aliphatic carbocycles. The fourth-order valence-corrected chi connectivity index (χ4v) is 4.15. The van der Waals surface area contributed by atoms with Gasteiger partial charge in [-0.2, -0.15) is 18.3 Å². The lowest BCUT2D eigenvalue weighted by Crippen LogP contribution is -2.18. The number of carbonyl (C=O) groups is 1. The Bertz CT molecular complexity index is 1690. The lowest BCUT2D eigenvalue weighted by atomic mass is 10.0. The molecular weight excluding hydrogens is 545 g/mol. The summed E-state index contributed by atoms with van der Waals surface area (Å²) in [4.78, 5) is 20.9. The molecule has 0 bridgehead atoms. The number of anilines is 1. The summed E-state index contributed by atoms with van der Waals surface area (Å²) in [6.07, 6.45) is -2.02. The Labute approximate surface area is 229 Å². The maximum Gasteiger partial charge on any atom is 0.417 e. The molecule has 0 saturated carbocycles. The number of aliphatic hydroxyl groups excluding tert-OH is 1. The number of halogens is 5. The Morgan fingerprint density at radius 1 is 0.927 bits per heavy atom. The fraction of sp³-hybridized carbons (Fsp3) is 0.103. The minimum Gasteiger partial charge on any atom is -0.396 e. The molecule has 2 N–H and O–H groups in total. The second-order valence-electron chi connectivity index (χ2n) is 8.88. The molecular formula is C29H20F5N5O2. The van der Waals surface area contributed by atoms with E-state index in [1.807, 2.05) is 0 Å². The molecule has 0 atom stereocenters. The number of benzene rings is 3. The van der Waals surface area contributed by atoms with E-state index in [0.29, 0.717) is 23.4 Å². The van der Waals surface area contributed by atoms with Crippen molar-refractivity contribution < 1.29 is 31.9 Å². The smallest absolute Gasteiger partial charge is 0.396 e. The molecule has 41 heavy (non-hydrogen) atoms. The van der Waals surface area contributed by atoms with Gasteiger partial charge in [0, 0.05) is 36.2 Å². The number of carbonyl (C=O) groups excluding carboxylic acids is 1. The van der Waals surface area contributed by atoms with Gasteiger partial charge in [0.15, 0.2) is 5.82 Å². The zero-order chi connectivity index (χ0) is 29.1. The molecule has 0 unspecified atom stereocenters. The van der Waals surface area contributed by atoms with Gasteiger partial charge < -0.3 is 10.4 Å². The molecule has 5 rings (SSSR count). The van der Waals surface area contributed by atoms with Gasteiger partial charge in [0.25, 0.3) is 5.91 Å². The maximum absolute atomic E-state index is 15.0. The van der Waals surface area contributed by atoms with Gasteiger partial charge in [-0.1, -0.05) is 24.3 Å². The van der Waals surface area contributed by atoms with Gasteiger partial charge in [-0.25, -0.2) is 23.4 Å². The van der Waals surface area contributed by atoms with Crippen molar-refractivity contribution in [3.05, 3.63) is 114 Å². The summed E-state index contributed by atoms with van der Waals surface area (Å²) in [5, 5.41) is 16.2. The first-order chi connectivity index (χ1) is 19.6. The molecule has 0 radical (unpaired) electrons. The lowest BCUT2D eigenvalue weighted by Gasteiger charge is -2.15. The molecule has 0 fully saturated rings. The zero-order valence-electron chi connectivity index (χ0n) is 21.0. The van der Waals surface area contributed by atoms with E-state index in [1.54, 1.807) is 24.3 Å². The van der Waals surface area contributed by atoms with Crippen LogP contribution in [0, 0.1) is 11.6 Å². The maximum atomic E-state index is 15.0. The molecule has 0 aliphatic rings. The van der Waals surface area contributed by atoms with Gasteiger partial charge >= 0.3 is 6.18 Å². The largest absolute Gasteiger partial charge is 0.417 e.